The van der Waals surface area contributed by atoms with Crippen LogP contribution in [0, 0.1) is 11.3 Å². The van der Waals surface area contributed by atoms with Crippen molar-refractivity contribution in [2.24, 2.45) is 0 Å². The van der Waals surface area contributed by atoms with Crippen LogP contribution < -0.4 is 4.90 Å². The van der Waals surface area contributed by atoms with E-state index in [9.17, 15) is 0 Å². The van der Waals surface area contributed by atoms with E-state index in [0.29, 0.717) is 23.2 Å². The van der Waals surface area contributed by atoms with Gasteiger partial charge in [-0.3, -0.25) is 0 Å². The number of anilines is 1. The largest absolute Gasteiger partial charge is 0.364 e. The second kappa shape index (κ2) is 4.92. The molecule has 0 aromatic heterocycles. The van der Waals surface area contributed by atoms with E-state index in [1.54, 1.807) is 12.1 Å². The Balaban J connectivity index is 2.23. The van der Waals surface area contributed by atoms with Gasteiger partial charge in [-0.05, 0) is 18.2 Å². The summed E-state index contributed by atoms with van der Waals surface area (Å²) in [6.45, 7) is 1.77. The van der Waals surface area contributed by atoms with E-state index in [4.69, 9.17) is 33.2 Å². The van der Waals surface area contributed by atoms with Crippen LogP contribution in [0.25, 0.3) is 0 Å². The summed E-state index contributed by atoms with van der Waals surface area (Å²) < 4.78 is 5.27. The van der Waals surface area contributed by atoms with Crippen molar-refractivity contribution in [2.75, 3.05) is 24.6 Å². The van der Waals surface area contributed by atoms with E-state index in [2.05, 4.69) is 6.07 Å². The van der Waals surface area contributed by atoms with Crippen molar-refractivity contribution in [1.82, 2.24) is 0 Å². The number of halogens is 2. The quantitative estimate of drug-likeness (QED) is 0.776. The van der Waals surface area contributed by atoms with Gasteiger partial charge in [0.25, 0.3) is 0 Å². The van der Waals surface area contributed by atoms with Crippen LogP contribution in [-0.2, 0) is 4.74 Å². The molecule has 1 aromatic carbocycles. The van der Waals surface area contributed by atoms with Gasteiger partial charge in [0.1, 0.15) is 0 Å². The van der Waals surface area contributed by atoms with Crippen LogP contribution >= 0.6 is 23.2 Å². The van der Waals surface area contributed by atoms with Crippen molar-refractivity contribution >= 4 is 28.9 Å². The van der Waals surface area contributed by atoms with Gasteiger partial charge >= 0.3 is 0 Å². The van der Waals surface area contributed by atoms with Crippen molar-refractivity contribution in [3.05, 3.63) is 28.2 Å². The summed E-state index contributed by atoms with van der Waals surface area (Å²) in [6, 6.07) is 7.41. The zero-order chi connectivity index (χ0) is 11.5. The Bertz CT molecular complexity index is 430. The molecule has 1 saturated heterocycles. The predicted molar refractivity (Wildman–Crippen MR) is 64.0 cm³/mol. The van der Waals surface area contributed by atoms with Crippen molar-refractivity contribution in [1.29, 1.82) is 5.26 Å². The first-order chi connectivity index (χ1) is 7.70. The van der Waals surface area contributed by atoms with Gasteiger partial charge in [-0.2, -0.15) is 5.26 Å². The Kier molecular flexibility index (Phi) is 3.55. The monoisotopic (exact) mass is 256 g/mol. The number of nitriles is 1. The molecule has 0 spiro atoms. The first-order valence-corrected chi connectivity index (χ1v) is 5.67. The summed E-state index contributed by atoms with van der Waals surface area (Å²) in [6.07, 6.45) is -0.399. The molecule has 1 aliphatic heterocycles. The fourth-order valence-corrected chi connectivity index (χ4v) is 2.08. The molecule has 0 saturated carbocycles. The van der Waals surface area contributed by atoms with E-state index in [0.717, 1.165) is 12.2 Å². The molecule has 1 aromatic rings. The van der Waals surface area contributed by atoms with Crippen LogP contribution in [-0.4, -0.2) is 25.8 Å². The Morgan fingerprint density at radius 3 is 3.00 bits per heavy atom. The van der Waals surface area contributed by atoms with Gasteiger partial charge in [-0.25, -0.2) is 0 Å². The average molecular weight is 257 g/mol. The lowest BCUT2D eigenvalue weighted by Crippen LogP contribution is -2.41. The highest BCUT2D eigenvalue weighted by Crippen LogP contribution is 2.30. The maximum atomic E-state index is 8.82. The number of ether oxygens (including phenoxy) is 1. The number of hydrogen-bond acceptors (Lipinski definition) is 3. The molecule has 1 unspecified atom stereocenters. The van der Waals surface area contributed by atoms with Gasteiger partial charge in [0.05, 0.1) is 29.9 Å². The predicted octanol–water partition coefficient (Wildman–Crippen LogP) is 2.72. The van der Waals surface area contributed by atoms with Gasteiger partial charge < -0.3 is 9.64 Å². The van der Waals surface area contributed by atoms with Crippen molar-refractivity contribution in [3.8, 4) is 6.07 Å². The lowest BCUT2D eigenvalue weighted by molar-refractivity contribution is 0.0765. The fourth-order valence-electron chi connectivity index (χ4n) is 1.67. The molecular weight excluding hydrogens is 247 g/mol. The van der Waals surface area contributed by atoms with E-state index >= 15 is 0 Å². The maximum Gasteiger partial charge on any atom is 0.161 e. The van der Waals surface area contributed by atoms with Crippen LogP contribution in [0.5, 0.6) is 0 Å². The van der Waals surface area contributed by atoms with E-state index in [1.807, 2.05) is 11.0 Å². The highest BCUT2D eigenvalue weighted by atomic mass is 35.5. The fraction of sp³-hybridized carbons (Fsp3) is 0.364. The highest BCUT2D eigenvalue weighted by molar-refractivity contribution is 6.35. The smallest absolute Gasteiger partial charge is 0.161 e. The molecule has 0 bridgehead atoms. The summed E-state index contributed by atoms with van der Waals surface area (Å²) in [5.74, 6) is 0. The summed E-state index contributed by atoms with van der Waals surface area (Å²) in [5.41, 5.74) is 0.859. The van der Waals surface area contributed by atoms with Crippen molar-refractivity contribution in [3.63, 3.8) is 0 Å². The summed E-state index contributed by atoms with van der Waals surface area (Å²) in [5, 5.41) is 10.1. The maximum absolute atomic E-state index is 8.82. The van der Waals surface area contributed by atoms with E-state index in [-0.39, 0.29) is 0 Å². The zero-order valence-corrected chi connectivity index (χ0v) is 10.0. The van der Waals surface area contributed by atoms with Gasteiger partial charge in [0, 0.05) is 11.6 Å². The minimum Gasteiger partial charge on any atom is -0.364 e. The molecule has 0 radical (unpaired) electrons. The van der Waals surface area contributed by atoms with Crippen molar-refractivity contribution in [2.45, 2.75) is 6.10 Å². The van der Waals surface area contributed by atoms with Crippen LogP contribution in [0.3, 0.4) is 0 Å². The van der Waals surface area contributed by atoms with Crippen LogP contribution in [0.2, 0.25) is 10.0 Å². The molecular formula is C11H10Cl2N2O. The third-order valence-electron chi connectivity index (χ3n) is 2.46. The van der Waals surface area contributed by atoms with Gasteiger partial charge in [0.2, 0.25) is 0 Å². The van der Waals surface area contributed by atoms with Crippen LogP contribution in [0.4, 0.5) is 5.69 Å². The molecule has 0 amide bonds. The summed E-state index contributed by atoms with van der Waals surface area (Å²) in [7, 11) is 0. The Labute approximate surface area is 104 Å². The molecule has 5 heteroatoms. The van der Waals surface area contributed by atoms with Gasteiger partial charge in [0.15, 0.2) is 6.10 Å². The number of nitrogens with zero attached hydrogens (tertiary/aromatic N) is 2. The molecule has 1 atom stereocenters. The second-order valence-corrected chi connectivity index (χ2v) is 4.37. The second-order valence-electron chi connectivity index (χ2n) is 3.53. The van der Waals surface area contributed by atoms with Crippen LogP contribution in [0.15, 0.2) is 18.2 Å². The standard InChI is InChI=1S/C11H10Cl2N2O/c12-8-1-2-10(13)11(5-8)15-3-4-16-9(6-14)7-15/h1-2,5,9H,3-4,7H2. The molecule has 84 valence electrons. The molecule has 3 nitrogen and oxygen atoms in total. The third-order valence-corrected chi connectivity index (χ3v) is 3.01. The molecule has 1 aliphatic rings. The molecule has 16 heavy (non-hydrogen) atoms. The average Bonchev–Trinajstić information content (AvgIpc) is 2.32. The lowest BCUT2D eigenvalue weighted by atomic mass is 10.2. The van der Waals surface area contributed by atoms with Crippen LogP contribution in [0.1, 0.15) is 0 Å². The van der Waals surface area contributed by atoms with Gasteiger partial charge in [-0.15, -0.1) is 0 Å². The Morgan fingerprint density at radius 2 is 2.25 bits per heavy atom. The Hall–Kier alpha value is -0.950. The first-order valence-electron chi connectivity index (χ1n) is 4.92. The third kappa shape index (κ3) is 2.41. The summed E-state index contributed by atoms with van der Waals surface area (Å²) >= 11 is 12.0. The Morgan fingerprint density at radius 1 is 1.44 bits per heavy atom. The molecule has 1 fully saturated rings. The lowest BCUT2D eigenvalue weighted by Gasteiger charge is -2.32. The summed E-state index contributed by atoms with van der Waals surface area (Å²) in [4.78, 5) is 2.02. The minimum atomic E-state index is -0.399. The molecule has 0 N–H and O–H groups in total. The molecule has 0 aliphatic carbocycles. The van der Waals surface area contributed by atoms with E-state index < -0.39 is 6.10 Å². The SMILES string of the molecule is N#CC1CN(c2cc(Cl)ccc2Cl)CCO1. The molecule has 1 heterocycles. The normalized spacial score (nSPS) is 20.6. The topological polar surface area (TPSA) is 36.3 Å². The number of morpholine rings is 1. The highest BCUT2D eigenvalue weighted by Gasteiger charge is 2.21. The number of hydrogen-bond donors (Lipinski definition) is 0. The van der Waals surface area contributed by atoms with E-state index in [1.165, 1.54) is 0 Å². The minimum absolute atomic E-state index is 0.399. The van der Waals surface area contributed by atoms with Gasteiger partial charge in [-0.1, -0.05) is 23.2 Å². The first kappa shape index (κ1) is 11.5. The van der Waals surface area contributed by atoms with Crippen molar-refractivity contribution < 1.29 is 4.74 Å². The zero-order valence-electron chi connectivity index (χ0n) is 8.49. The number of benzene rings is 1. The number of rotatable bonds is 1. The molecule has 2 rings (SSSR count).